The van der Waals surface area contributed by atoms with Crippen molar-refractivity contribution < 1.29 is 27.4 Å². The van der Waals surface area contributed by atoms with E-state index in [-0.39, 0.29) is 34.7 Å². The quantitative estimate of drug-likeness (QED) is 0.0985. The van der Waals surface area contributed by atoms with Crippen LogP contribution in [-0.4, -0.2) is 56.0 Å². The monoisotopic (exact) mass is 643 g/mol. The minimum absolute atomic E-state index is 0.00155. The van der Waals surface area contributed by atoms with Crippen LogP contribution in [0.4, 0.5) is 24.7 Å². The normalized spacial score (nSPS) is 13.6. The van der Waals surface area contributed by atoms with Gasteiger partial charge in [0.05, 0.1) is 26.2 Å². The predicted octanol–water partition coefficient (Wildman–Crippen LogP) is 6.85. The Morgan fingerprint density at radius 3 is 2.73 bits per heavy atom. The fourth-order valence-corrected chi connectivity index (χ4v) is 6.96. The second-order valence-corrected chi connectivity index (χ2v) is 12.2. The summed E-state index contributed by atoms with van der Waals surface area (Å²) in [5.74, 6) is -1.13. The highest BCUT2D eigenvalue weighted by Gasteiger charge is 2.26. The minimum Gasteiger partial charge on any atom is -0.381 e. The Hall–Kier alpha value is -3.65. The Morgan fingerprint density at radius 1 is 1.14 bits per heavy atom. The highest BCUT2D eigenvalue weighted by atomic mass is 32.2. The van der Waals surface area contributed by atoms with Gasteiger partial charge in [-0.3, -0.25) is 9.10 Å². The standard InChI is InChI=1S/C31H32F3N5O3S2/c1-19(40)35-12-13-37-27-16-21(8-11-36-27)30-29(38-31(43-30)20-9-14-42-15-10-20)23-4-3-5-25(28(23)34)39(18-41-2)44-26-17-22(32)6-7-24(26)33/h3-8,11,16-17,20H,9-10,12-15,18H2,1-2H3,(H,35,40)(H,36,37). The molecule has 0 unspecified atom stereocenters. The molecule has 1 aliphatic heterocycles. The van der Waals surface area contributed by atoms with Crippen LogP contribution in [0.5, 0.6) is 0 Å². The van der Waals surface area contributed by atoms with Gasteiger partial charge in [0.1, 0.15) is 24.2 Å². The van der Waals surface area contributed by atoms with E-state index in [1.165, 1.54) is 29.7 Å². The zero-order chi connectivity index (χ0) is 31.1. The second-order valence-electron chi connectivity index (χ2n) is 10.1. The molecule has 0 saturated carbocycles. The van der Waals surface area contributed by atoms with Crippen LogP contribution in [0.25, 0.3) is 21.7 Å². The van der Waals surface area contributed by atoms with E-state index in [0.29, 0.717) is 37.8 Å². The number of amides is 1. The van der Waals surface area contributed by atoms with Gasteiger partial charge in [-0.15, -0.1) is 11.3 Å². The first-order valence-corrected chi connectivity index (χ1v) is 15.6. The third kappa shape index (κ3) is 7.70. The molecule has 0 aliphatic carbocycles. The van der Waals surface area contributed by atoms with Crippen molar-refractivity contribution in [1.29, 1.82) is 0 Å². The van der Waals surface area contributed by atoms with Gasteiger partial charge in [0.15, 0.2) is 5.82 Å². The van der Waals surface area contributed by atoms with Gasteiger partial charge in [0.2, 0.25) is 5.91 Å². The van der Waals surface area contributed by atoms with E-state index in [4.69, 9.17) is 14.5 Å². The van der Waals surface area contributed by atoms with Crippen LogP contribution in [0.2, 0.25) is 0 Å². The molecule has 2 aromatic carbocycles. The van der Waals surface area contributed by atoms with E-state index in [9.17, 15) is 13.6 Å². The van der Waals surface area contributed by atoms with Crippen LogP contribution in [0.3, 0.4) is 0 Å². The average molecular weight is 644 g/mol. The summed E-state index contributed by atoms with van der Waals surface area (Å²) in [6.07, 6.45) is 3.31. The molecule has 1 aliphatic rings. The average Bonchev–Trinajstić information content (AvgIpc) is 3.47. The lowest BCUT2D eigenvalue weighted by molar-refractivity contribution is -0.118. The molecule has 2 aromatic heterocycles. The number of hydrogen-bond acceptors (Lipinski definition) is 9. The topological polar surface area (TPSA) is 88.6 Å². The number of carbonyl (C=O) groups is 1. The van der Waals surface area contributed by atoms with Crippen molar-refractivity contribution >= 4 is 40.7 Å². The first-order chi connectivity index (χ1) is 21.3. The van der Waals surface area contributed by atoms with Gasteiger partial charge >= 0.3 is 0 Å². The Kier molecular flexibility index (Phi) is 10.7. The lowest BCUT2D eigenvalue weighted by atomic mass is 10.0. The predicted molar refractivity (Wildman–Crippen MR) is 167 cm³/mol. The number of nitrogens with zero attached hydrogens (tertiary/aromatic N) is 3. The maximum absolute atomic E-state index is 16.5. The Labute approximate surface area is 262 Å². The first-order valence-electron chi connectivity index (χ1n) is 14.1. The van der Waals surface area contributed by atoms with E-state index in [2.05, 4.69) is 15.6 Å². The summed E-state index contributed by atoms with van der Waals surface area (Å²) in [6, 6.07) is 11.8. The van der Waals surface area contributed by atoms with E-state index in [1.54, 1.807) is 24.4 Å². The maximum Gasteiger partial charge on any atom is 0.216 e. The molecule has 8 nitrogen and oxygen atoms in total. The molecule has 3 heterocycles. The van der Waals surface area contributed by atoms with Crippen LogP contribution in [0.15, 0.2) is 59.6 Å². The molecule has 1 amide bonds. The van der Waals surface area contributed by atoms with E-state index < -0.39 is 17.5 Å². The Morgan fingerprint density at radius 2 is 1.95 bits per heavy atom. The number of pyridine rings is 1. The third-order valence-corrected chi connectivity index (χ3v) is 9.19. The molecular formula is C31H32F3N5O3S2. The second kappa shape index (κ2) is 14.9. The zero-order valence-electron chi connectivity index (χ0n) is 24.2. The summed E-state index contributed by atoms with van der Waals surface area (Å²) in [7, 11) is 1.45. The smallest absolute Gasteiger partial charge is 0.216 e. The van der Waals surface area contributed by atoms with E-state index >= 15 is 4.39 Å². The van der Waals surface area contributed by atoms with Gasteiger partial charge in [-0.05, 0) is 72.8 Å². The molecule has 0 spiro atoms. The lowest BCUT2D eigenvalue weighted by Crippen LogP contribution is -2.26. The molecule has 13 heteroatoms. The molecule has 0 bridgehead atoms. The number of thiazole rings is 1. The summed E-state index contributed by atoms with van der Waals surface area (Å²) in [5.41, 5.74) is 1.69. The number of benzene rings is 2. The molecule has 0 radical (unpaired) electrons. The molecule has 232 valence electrons. The summed E-state index contributed by atoms with van der Waals surface area (Å²) >= 11 is 2.36. The van der Waals surface area contributed by atoms with Crippen LogP contribution < -0.4 is 14.9 Å². The number of ether oxygens (including phenoxy) is 2. The molecular weight excluding hydrogens is 612 g/mol. The van der Waals surface area contributed by atoms with Crippen molar-refractivity contribution in [2.45, 2.75) is 30.6 Å². The summed E-state index contributed by atoms with van der Waals surface area (Å²) in [6.45, 7) is 3.56. The van der Waals surface area contributed by atoms with Gasteiger partial charge < -0.3 is 20.1 Å². The molecule has 1 saturated heterocycles. The number of hydrogen-bond donors (Lipinski definition) is 2. The van der Waals surface area contributed by atoms with Crippen LogP contribution in [0.1, 0.15) is 30.7 Å². The number of rotatable bonds is 12. The molecule has 4 aromatic rings. The van der Waals surface area contributed by atoms with Crippen molar-refractivity contribution in [2.24, 2.45) is 0 Å². The van der Waals surface area contributed by atoms with E-state index in [1.807, 2.05) is 12.1 Å². The molecule has 1 fully saturated rings. The minimum atomic E-state index is -0.629. The van der Waals surface area contributed by atoms with Crippen LogP contribution in [0, 0.1) is 17.5 Å². The SMILES string of the molecule is COCN(Sc1cc(F)ccc1F)c1cccc(-c2nc(C3CCOCC3)sc2-c2ccnc(NCCNC(C)=O)c2)c1F. The van der Waals surface area contributed by atoms with Crippen molar-refractivity contribution in [3.63, 3.8) is 0 Å². The third-order valence-electron chi connectivity index (χ3n) is 6.89. The van der Waals surface area contributed by atoms with Crippen LogP contribution >= 0.6 is 23.3 Å². The highest BCUT2D eigenvalue weighted by Crippen LogP contribution is 2.44. The Bertz CT molecular complexity index is 1600. The summed E-state index contributed by atoms with van der Waals surface area (Å²) in [5, 5.41) is 6.84. The van der Waals surface area contributed by atoms with Gasteiger partial charge in [-0.25, -0.2) is 23.1 Å². The molecule has 44 heavy (non-hydrogen) atoms. The van der Waals surface area contributed by atoms with Crippen molar-refractivity contribution in [1.82, 2.24) is 15.3 Å². The highest BCUT2D eigenvalue weighted by molar-refractivity contribution is 8.00. The summed E-state index contributed by atoms with van der Waals surface area (Å²) in [4.78, 5) is 21.4. The number of carbonyl (C=O) groups excluding carboxylic acids is 1. The lowest BCUT2D eigenvalue weighted by Gasteiger charge is -2.24. The first kappa shape index (κ1) is 31.8. The fraction of sp³-hybridized carbons (Fsp3) is 0.323. The number of nitrogens with one attached hydrogen (secondary N) is 2. The number of methoxy groups -OCH3 is 1. The van der Waals surface area contributed by atoms with Gasteiger partial charge in [-0.2, -0.15) is 0 Å². The number of aromatic nitrogens is 2. The van der Waals surface area contributed by atoms with Crippen molar-refractivity contribution in [3.8, 4) is 21.7 Å². The summed E-state index contributed by atoms with van der Waals surface area (Å²) < 4.78 is 57.3. The maximum atomic E-state index is 16.5. The molecule has 0 atom stereocenters. The number of anilines is 2. The van der Waals surface area contributed by atoms with Gasteiger partial charge in [0.25, 0.3) is 0 Å². The van der Waals surface area contributed by atoms with Crippen molar-refractivity contribution in [3.05, 3.63) is 77.2 Å². The molecule has 5 rings (SSSR count). The number of halogens is 3. The van der Waals surface area contributed by atoms with Gasteiger partial charge in [-0.1, -0.05) is 6.07 Å². The van der Waals surface area contributed by atoms with Gasteiger partial charge in [0, 0.05) is 58.0 Å². The molecule has 2 N–H and O–H groups in total. The largest absolute Gasteiger partial charge is 0.381 e. The zero-order valence-corrected chi connectivity index (χ0v) is 25.9. The van der Waals surface area contributed by atoms with Crippen molar-refractivity contribution in [2.75, 3.05) is 49.8 Å². The van der Waals surface area contributed by atoms with Crippen LogP contribution in [-0.2, 0) is 14.3 Å². The Balaban J connectivity index is 1.53. The van der Waals surface area contributed by atoms with E-state index in [0.717, 1.165) is 58.4 Å². The fourth-order valence-electron chi connectivity index (χ4n) is 4.76.